The van der Waals surface area contributed by atoms with Gasteiger partial charge in [-0.1, -0.05) is 12.1 Å². The number of pyridine rings is 2. The number of nitrogens with zero attached hydrogens (tertiary/aromatic N) is 3. The molecule has 1 aliphatic carbocycles. The van der Waals surface area contributed by atoms with Crippen LogP contribution in [0.15, 0.2) is 36.7 Å². The Bertz CT molecular complexity index is 1140. The molecular weight excluding hydrogens is 393 g/mol. The molecule has 3 heterocycles. The van der Waals surface area contributed by atoms with Crippen molar-refractivity contribution in [1.29, 1.82) is 0 Å². The summed E-state index contributed by atoms with van der Waals surface area (Å²) in [4.78, 5) is 10.7. The molecule has 0 bridgehead atoms. The van der Waals surface area contributed by atoms with Crippen LogP contribution in [0.2, 0.25) is 0 Å². The quantitative estimate of drug-likeness (QED) is 0.681. The fraction of sp³-hybridized carbons (Fsp3) is 0.440. The largest absolute Gasteiger partial charge is 0.485 e. The first kappa shape index (κ1) is 20.2. The summed E-state index contributed by atoms with van der Waals surface area (Å²) in [6.45, 7) is 7.62. The lowest BCUT2D eigenvalue weighted by Crippen LogP contribution is -2.42. The normalized spacial score (nSPS) is 25.6. The minimum Gasteiger partial charge on any atom is -0.485 e. The molecule has 0 radical (unpaired) electrons. The van der Waals surface area contributed by atoms with Gasteiger partial charge in [-0.25, -0.2) is 9.37 Å². The van der Waals surface area contributed by atoms with Crippen LogP contribution in [0.25, 0.3) is 10.9 Å². The highest BCUT2D eigenvalue weighted by atomic mass is 19.1. The van der Waals surface area contributed by atoms with Gasteiger partial charge in [0.05, 0.1) is 18.0 Å². The smallest absolute Gasteiger partial charge is 0.164 e. The average Bonchev–Trinajstić information content (AvgIpc) is 3.13. The van der Waals surface area contributed by atoms with Gasteiger partial charge in [0.2, 0.25) is 0 Å². The summed E-state index contributed by atoms with van der Waals surface area (Å²) in [6, 6.07) is 7.95. The summed E-state index contributed by atoms with van der Waals surface area (Å²) in [5, 5.41) is 12.0. The van der Waals surface area contributed by atoms with Crippen molar-refractivity contribution < 1.29 is 14.2 Å². The van der Waals surface area contributed by atoms with Crippen LogP contribution in [0.1, 0.15) is 29.7 Å². The minimum atomic E-state index is -0.552. The molecule has 0 amide bonds. The number of ether oxygens (including phenoxy) is 1. The number of aliphatic hydroxyl groups is 1. The van der Waals surface area contributed by atoms with Crippen LogP contribution in [0.4, 0.5) is 10.1 Å². The summed E-state index contributed by atoms with van der Waals surface area (Å²) in [6.07, 6.45) is 3.45. The number of hydrogen-bond donors (Lipinski definition) is 1. The third-order valence-corrected chi connectivity index (χ3v) is 6.91. The highest BCUT2D eigenvalue weighted by molar-refractivity contribution is 5.89. The molecular formula is C25H28FN3O2. The average molecular weight is 422 g/mol. The zero-order valence-corrected chi connectivity index (χ0v) is 18.2. The molecule has 0 unspecified atom stereocenters. The van der Waals surface area contributed by atoms with Gasteiger partial charge in [0.1, 0.15) is 17.4 Å². The van der Waals surface area contributed by atoms with Crippen LogP contribution in [-0.2, 0) is 0 Å². The van der Waals surface area contributed by atoms with E-state index in [1.807, 2.05) is 19.9 Å². The zero-order valence-electron chi connectivity index (χ0n) is 18.2. The highest BCUT2D eigenvalue weighted by Crippen LogP contribution is 2.41. The molecule has 5 rings (SSSR count). The van der Waals surface area contributed by atoms with Crippen molar-refractivity contribution in [3.05, 3.63) is 59.3 Å². The topological polar surface area (TPSA) is 58.5 Å². The van der Waals surface area contributed by atoms with Crippen LogP contribution in [0.3, 0.4) is 0 Å². The van der Waals surface area contributed by atoms with Gasteiger partial charge in [-0.15, -0.1) is 0 Å². The second-order valence-electron chi connectivity index (χ2n) is 9.14. The number of fused-ring (bicyclic) bond motifs is 2. The van der Waals surface area contributed by atoms with Gasteiger partial charge in [0, 0.05) is 30.4 Å². The third-order valence-electron chi connectivity index (χ3n) is 6.91. The van der Waals surface area contributed by atoms with E-state index in [4.69, 9.17) is 9.72 Å². The first-order valence-electron chi connectivity index (χ1n) is 11.0. The number of aryl methyl sites for hydroxylation is 3. The lowest BCUT2D eigenvalue weighted by atomic mass is 9.78. The van der Waals surface area contributed by atoms with Gasteiger partial charge in [-0.05, 0) is 68.7 Å². The number of aliphatic hydroxyl groups excluding tert-OH is 1. The molecule has 2 fully saturated rings. The molecule has 0 spiro atoms. The molecule has 5 nitrogen and oxygen atoms in total. The monoisotopic (exact) mass is 421 g/mol. The summed E-state index contributed by atoms with van der Waals surface area (Å²) in [7, 11) is 0. The second-order valence-corrected chi connectivity index (χ2v) is 9.14. The first-order chi connectivity index (χ1) is 14.9. The predicted molar refractivity (Wildman–Crippen MR) is 119 cm³/mol. The fourth-order valence-corrected chi connectivity index (χ4v) is 5.34. The molecule has 1 aliphatic heterocycles. The van der Waals surface area contributed by atoms with Crippen molar-refractivity contribution in [3.63, 3.8) is 0 Å². The van der Waals surface area contributed by atoms with Gasteiger partial charge in [0.25, 0.3) is 0 Å². The lowest BCUT2D eigenvalue weighted by molar-refractivity contribution is -0.0228. The molecule has 31 heavy (non-hydrogen) atoms. The van der Waals surface area contributed by atoms with E-state index < -0.39 is 6.10 Å². The van der Waals surface area contributed by atoms with Crippen molar-refractivity contribution >= 4 is 16.6 Å². The fourth-order valence-electron chi connectivity index (χ4n) is 5.34. The number of halogens is 1. The van der Waals surface area contributed by atoms with Gasteiger partial charge in [0.15, 0.2) is 5.82 Å². The van der Waals surface area contributed by atoms with Gasteiger partial charge < -0.3 is 14.7 Å². The van der Waals surface area contributed by atoms with Gasteiger partial charge >= 0.3 is 0 Å². The maximum absolute atomic E-state index is 14.2. The minimum absolute atomic E-state index is 0.294. The van der Waals surface area contributed by atoms with Crippen LogP contribution in [0, 0.1) is 38.4 Å². The summed E-state index contributed by atoms with van der Waals surface area (Å²) in [5.41, 5.74) is 4.60. The molecule has 1 aromatic carbocycles. The maximum Gasteiger partial charge on any atom is 0.164 e. The molecule has 6 heteroatoms. The van der Waals surface area contributed by atoms with E-state index in [0.29, 0.717) is 23.9 Å². The van der Waals surface area contributed by atoms with E-state index in [-0.39, 0.29) is 11.9 Å². The first-order valence-corrected chi connectivity index (χ1v) is 11.0. The molecule has 1 saturated carbocycles. The number of anilines is 1. The Labute approximate surface area is 181 Å². The Kier molecular flexibility index (Phi) is 5.05. The van der Waals surface area contributed by atoms with Crippen LogP contribution in [-0.4, -0.2) is 40.4 Å². The number of benzene rings is 1. The maximum atomic E-state index is 14.2. The Morgan fingerprint density at radius 2 is 1.84 bits per heavy atom. The molecule has 1 saturated heterocycles. The van der Waals surface area contributed by atoms with Crippen molar-refractivity contribution in [2.45, 2.75) is 45.8 Å². The Morgan fingerprint density at radius 3 is 2.61 bits per heavy atom. The number of hydrogen-bond acceptors (Lipinski definition) is 5. The Morgan fingerprint density at radius 1 is 1.06 bits per heavy atom. The van der Waals surface area contributed by atoms with Crippen molar-refractivity contribution in [2.24, 2.45) is 11.8 Å². The Hall–Kier alpha value is -2.73. The lowest BCUT2D eigenvalue weighted by Gasteiger charge is -2.35. The Balaban J connectivity index is 1.40. The van der Waals surface area contributed by atoms with Gasteiger partial charge in [-0.2, -0.15) is 0 Å². The summed E-state index contributed by atoms with van der Waals surface area (Å²) in [5.74, 6) is 1.16. The van der Waals surface area contributed by atoms with Crippen molar-refractivity contribution in [2.75, 3.05) is 18.0 Å². The molecule has 3 aromatic rings. The summed E-state index contributed by atoms with van der Waals surface area (Å²) < 4.78 is 20.7. The highest BCUT2D eigenvalue weighted by Gasteiger charge is 2.43. The van der Waals surface area contributed by atoms with E-state index >= 15 is 0 Å². The van der Waals surface area contributed by atoms with E-state index in [9.17, 15) is 9.50 Å². The number of aromatic nitrogens is 2. The molecule has 4 atom stereocenters. The molecule has 2 aromatic heterocycles. The second kappa shape index (κ2) is 7.75. The van der Waals surface area contributed by atoms with E-state index in [1.165, 1.54) is 11.8 Å². The van der Waals surface area contributed by atoms with E-state index in [2.05, 4.69) is 28.9 Å². The standard InChI is InChI=1S/C25H28FN3O2/c1-14-8-15(2)25(24-19(14)5-4-16(3)28-24)31-23-10-18-13-29(12-17(18)9-22(23)30)21-6-7-27-11-20(21)26/h4-8,11,17-18,22-23,30H,9-10,12-13H2,1-3H3/t17-,18+,22+,23+/m0/s1. The third kappa shape index (κ3) is 3.63. The molecule has 2 aliphatic rings. The SMILES string of the molecule is Cc1ccc2c(C)cc(C)c(O[C@@H]3C[C@@H]4CN(c5ccncc5F)C[C@@H]4C[C@H]3O)c2n1. The van der Waals surface area contributed by atoms with Crippen LogP contribution >= 0.6 is 0 Å². The molecule has 162 valence electrons. The van der Waals surface area contributed by atoms with Crippen molar-refractivity contribution in [3.8, 4) is 5.75 Å². The van der Waals surface area contributed by atoms with E-state index in [1.54, 1.807) is 12.3 Å². The summed E-state index contributed by atoms with van der Waals surface area (Å²) >= 11 is 0. The van der Waals surface area contributed by atoms with Gasteiger partial charge in [-0.3, -0.25) is 4.98 Å². The predicted octanol–water partition coefficient (Wildman–Crippen LogP) is 4.35. The van der Waals surface area contributed by atoms with E-state index in [0.717, 1.165) is 47.4 Å². The number of rotatable bonds is 3. The van der Waals surface area contributed by atoms with Crippen LogP contribution in [0.5, 0.6) is 5.75 Å². The zero-order chi connectivity index (χ0) is 21.7. The van der Waals surface area contributed by atoms with Crippen molar-refractivity contribution in [1.82, 2.24) is 9.97 Å². The van der Waals surface area contributed by atoms with Crippen LogP contribution < -0.4 is 9.64 Å². The molecule has 1 N–H and O–H groups in total.